The van der Waals surface area contributed by atoms with E-state index in [2.05, 4.69) is 10.3 Å². The normalized spacial score (nSPS) is 14.1. The SMILES string of the molecule is O=C1C=C(c2cn(-c3cncc4ccccc34)c3ccccc23)C(=O)N1. The molecule has 1 aliphatic heterocycles. The zero-order valence-corrected chi connectivity index (χ0v) is 13.6. The van der Waals surface area contributed by atoms with E-state index in [0.29, 0.717) is 5.57 Å². The summed E-state index contributed by atoms with van der Waals surface area (Å²) >= 11 is 0. The van der Waals surface area contributed by atoms with E-state index in [-0.39, 0.29) is 11.8 Å². The maximum absolute atomic E-state index is 12.2. The van der Waals surface area contributed by atoms with Crippen LogP contribution in [-0.4, -0.2) is 21.4 Å². The average Bonchev–Trinajstić information content (AvgIpc) is 3.20. The second-order valence-electron chi connectivity index (χ2n) is 6.19. The number of benzene rings is 2. The summed E-state index contributed by atoms with van der Waals surface area (Å²) in [4.78, 5) is 28.1. The van der Waals surface area contributed by atoms with E-state index in [1.807, 2.05) is 71.7 Å². The van der Waals surface area contributed by atoms with Crippen molar-refractivity contribution in [2.45, 2.75) is 0 Å². The molecule has 5 heteroatoms. The first-order valence-electron chi connectivity index (χ1n) is 8.23. The molecule has 0 radical (unpaired) electrons. The number of fused-ring (bicyclic) bond motifs is 2. The number of hydrogen-bond donors (Lipinski definition) is 1. The van der Waals surface area contributed by atoms with E-state index in [1.165, 1.54) is 6.08 Å². The van der Waals surface area contributed by atoms with Gasteiger partial charge >= 0.3 is 0 Å². The molecular formula is C21H13N3O2. The molecule has 3 heterocycles. The van der Waals surface area contributed by atoms with E-state index in [4.69, 9.17) is 0 Å². The summed E-state index contributed by atoms with van der Waals surface area (Å²) < 4.78 is 2.02. The summed E-state index contributed by atoms with van der Waals surface area (Å²) in [6.07, 6.45) is 6.90. The molecule has 26 heavy (non-hydrogen) atoms. The van der Waals surface area contributed by atoms with Crippen molar-refractivity contribution < 1.29 is 9.59 Å². The van der Waals surface area contributed by atoms with Crippen molar-refractivity contribution in [3.63, 3.8) is 0 Å². The number of rotatable bonds is 2. The summed E-state index contributed by atoms with van der Waals surface area (Å²) in [7, 11) is 0. The zero-order chi connectivity index (χ0) is 17.7. The topological polar surface area (TPSA) is 64.0 Å². The van der Waals surface area contributed by atoms with Gasteiger partial charge in [0.15, 0.2) is 0 Å². The summed E-state index contributed by atoms with van der Waals surface area (Å²) in [5, 5.41) is 5.33. The Kier molecular flexibility index (Phi) is 3.03. The monoisotopic (exact) mass is 339 g/mol. The largest absolute Gasteiger partial charge is 0.314 e. The molecule has 0 spiro atoms. The van der Waals surface area contributed by atoms with Gasteiger partial charge in [-0.3, -0.25) is 19.9 Å². The predicted octanol–water partition coefficient (Wildman–Crippen LogP) is 3.22. The second kappa shape index (κ2) is 5.39. The number of carbonyl (C=O) groups excluding carboxylic acids is 2. The Balaban J connectivity index is 1.84. The first kappa shape index (κ1) is 14.6. The zero-order valence-electron chi connectivity index (χ0n) is 13.6. The van der Waals surface area contributed by atoms with Crippen molar-refractivity contribution in [2.75, 3.05) is 0 Å². The van der Waals surface area contributed by atoms with E-state index in [0.717, 1.165) is 32.9 Å². The third-order valence-electron chi connectivity index (χ3n) is 4.67. The molecule has 1 aliphatic rings. The first-order chi connectivity index (χ1) is 12.7. The summed E-state index contributed by atoms with van der Waals surface area (Å²) in [5.74, 6) is -0.748. The van der Waals surface area contributed by atoms with Gasteiger partial charge < -0.3 is 4.57 Å². The van der Waals surface area contributed by atoms with Crippen LogP contribution in [0.15, 0.2) is 73.2 Å². The third-order valence-corrected chi connectivity index (χ3v) is 4.67. The molecular weight excluding hydrogens is 326 g/mol. The quantitative estimate of drug-likeness (QED) is 0.570. The molecule has 1 N–H and O–H groups in total. The van der Waals surface area contributed by atoms with Crippen LogP contribution in [0.2, 0.25) is 0 Å². The Bertz CT molecular complexity index is 1250. The van der Waals surface area contributed by atoms with Crippen molar-refractivity contribution in [3.05, 3.63) is 78.8 Å². The molecule has 4 aromatic rings. The number of para-hydroxylation sites is 1. The molecule has 0 atom stereocenters. The first-order valence-corrected chi connectivity index (χ1v) is 8.23. The van der Waals surface area contributed by atoms with E-state index >= 15 is 0 Å². The van der Waals surface area contributed by atoms with Gasteiger partial charge in [0.2, 0.25) is 0 Å². The Morgan fingerprint density at radius 3 is 2.46 bits per heavy atom. The Morgan fingerprint density at radius 1 is 0.885 bits per heavy atom. The Labute approximate surface area is 148 Å². The van der Waals surface area contributed by atoms with Crippen molar-refractivity contribution in [1.82, 2.24) is 14.9 Å². The number of imide groups is 1. The minimum absolute atomic E-state index is 0.367. The lowest BCUT2D eigenvalue weighted by Crippen LogP contribution is -2.21. The minimum Gasteiger partial charge on any atom is -0.314 e. The van der Waals surface area contributed by atoms with Crippen molar-refractivity contribution in [1.29, 1.82) is 0 Å². The maximum atomic E-state index is 12.2. The fraction of sp³-hybridized carbons (Fsp3) is 0. The lowest BCUT2D eigenvalue weighted by atomic mass is 10.1. The molecule has 0 aliphatic carbocycles. The summed E-state index contributed by atoms with van der Waals surface area (Å²) in [6, 6.07) is 15.9. The standard InChI is InChI=1S/C21H13N3O2/c25-20-9-16(21(26)23-20)17-12-24(18-8-4-3-7-15(17)18)19-11-22-10-13-5-1-2-6-14(13)19/h1-12H,(H,23,25,26). The minimum atomic E-state index is -0.381. The van der Waals surface area contributed by atoms with Gasteiger partial charge in [-0.25, -0.2) is 0 Å². The molecule has 2 amide bonds. The van der Waals surface area contributed by atoms with Crippen LogP contribution in [0, 0.1) is 0 Å². The third kappa shape index (κ3) is 2.07. The average molecular weight is 339 g/mol. The lowest BCUT2D eigenvalue weighted by molar-refractivity contribution is -0.123. The van der Waals surface area contributed by atoms with Crippen molar-refractivity contribution in [3.8, 4) is 5.69 Å². The lowest BCUT2D eigenvalue weighted by Gasteiger charge is -2.08. The van der Waals surface area contributed by atoms with Crippen LogP contribution in [0.25, 0.3) is 32.9 Å². The van der Waals surface area contributed by atoms with Gasteiger partial charge in [-0.15, -0.1) is 0 Å². The second-order valence-corrected chi connectivity index (χ2v) is 6.19. The highest BCUT2D eigenvalue weighted by atomic mass is 16.2. The van der Waals surface area contributed by atoms with Crippen LogP contribution in [-0.2, 0) is 9.59 Å². The molecule has 5 nitrogen and oxygen atoms in total. The van der Waals surface area contributed by atoms with Gasteiger partial charge in [0.05, 0.1) is 23.0 Å². The highest BCUT2D eigenvalue weighted by molar-refractivity contribution is 6.35. The van der Waals surface area contributed by atoms with Crippen LogP contribution in [0.3, 0.4) is 0 Å². The van der Waals surface area contributed by atoms with E-state index < -0.39 is 0 Å². The number of aromatic nitrogens is 2. The molecule has 2 aromatic carbocycles. The van der Waals surface area contributed by atoms with Crippen LogP contribution in [0.5, 0.6) is 0 Å². The number of pyridine rings is 1. The molecule has 0 unspecified atom stereocenters. The van der Waals surface area contributed by atoms with Gasteiger partial charge in [0.25, 0.3) is 11.8 Å². The van der Waals surface area contributed by atoms with Gasteiger partial charge in [-0.05, 0) is 6.07 Å². The maximum Gasteiger partial charge on any atom is 0.258 e. The molecule has 2 aromatic heterocycles. The predicted molar refractivity (Wildman–Crippen MR) is 99.7 cm³/mol. The molecule has 0 fully saturated rings. The van der Waals surface area contributed by atoms with Gasteiger partial charge in [-0.1, -0.05) is 42.5 Å². The van der Waals surface area contributed by atoms with E-state index in [1.54, 1.807) is 0 Å². The van der Waals surface area contributed by atoms with Crippen LogP contribution in [0.1, 0.15) is 5.56 Å². The van der Waals surface area contributed by atoms with Crippen LogP contribution < -0.4 is 5.32 Å². The molecule has 0 saturated heterocycles. The van der Waals surface area contributed by atoms with E-state index in [9.17, 15) is 9.59 Å². The number of hydrogen-bond acceptors (Lipinski definition) is 3. The van der Waals surface area contributed by atoms with Crippen LogP contribution in [0.4, 0.5) is 0 Å². The molecule has 0 saturated carbocycles. The Morgan fingerprint density at radius 2 is 1.65 bits per heavy atom. The number of amides is 2. The van der Waals surface area contributed by atoms with Gasteiger partial charge in [-0.2, -0.15) is 0 Å². The van der Waals surface area contributed by atoms with Gasteiger partial charge in [0, 0.05) is 40.2 Å². The summed E-state index contributed by atoms with van der Waals surface area (Å²) in [6.45, 7) is 0. The number of nitrogens with zero attached hydrogens (tertiary/aromatic N) is 2. The highest BCUT2D eigenvalue weighted by Gasteiger charge is 2.25. The Hall–Kier alpha value is -3.73. The number of carbonyl (C=O) groups is 2. The van der Waals surface area contributed by atoms with Crippen LogP contribution >= 0.6 is 0 Å². The summed E-state index contributed by atoms with van der Waals surface area (Å²) in [5.41, 5.74) is 3.00. The molecule has 0 bridgehead atoms. The smallest absolute Gasteiger partial charge is 0.258 e. The van der Waals surface area contributed by atoms with Crippen molar-refractivity contribution >= 4 is 39.1 Å². The fourth-order valence-electron chi connectivity index (χ4n) is 3.50. The number of nitrogens with one attached hydrogen (secondary N) is 1. The van der Waals surface area contributed by atoms with Gasteiger partial charge in [0.1, 0.15) is 0 Å². The molecule has 124 valence electrons. The molecule has 5 rings (SSSR count). The fourth-order valence-corrected chi connectivity index (χ4v) is 3.50. The van der Waals surface area contributed by atoms with Crippen molar-refractivity contribution in [2.24, 2.45) is 0 Å². The highest BCUT2D eigenvalue weighted by Crippen LogP contribution is 2.32.